The van der Waals surface area contributed by atoms with Crippen molar-refractivity contribution >= 4 is 5.91 Å². The summed E-state index contributed by atoms with van der Waals surface area (Å²) in [5.74, 6) is 1.38. The molecule has 0 saturated carbocycles. The fraction of sp³-hybridized carbons (Fsp3) is 0.632. The van der Waals surface area contributed by atoms with Crippen molar-refractivity contribution in [2.24, 2.45) is 5.92 Å². The van der Waals surface area contributed by atoms with Crippen LogP contribution in [0.15, 0.2) is 18.2 Å². The molecule has 0 radical (unpaired) electrons. The lowest BCUT2D eigenvalue weighted by Gasteiger charge is -2.32. The lowest BCUT2D eigenvalue weighted by atomic mass is 10.1. The average molecular weight is 334 g/mol. The van der Waals surface area contributed by atoms with E-state index in [1.807, 2.05) is 30.0 Å². The first-order valence-corrected chi connectivity index (χ1v) is 8.82. The van der Waals surface area contributed by atoms with Crippen molar-refractivity contribution in [3.8, 4) is 5.75 Å². The topological polar surface area (TPSA) is 42.0 Å². The third-order valence-corrected chi connectivity index (χ3v) is 4.11. The fourth-order valence-electron chi connectivity index (χ4n) is 2.72. The summed E-state index contributed by atoms with van der Waals surface area (Å²) in [7, 11) is 2.09. The molecule has 1 aromatic carbocycles. The van der Waals surface area contributed by atoms with Gasteiger partial charge in [-0.15, -0.1) is 0 Å². The summed E-state index contributed by atoms with van der Waals surface area (Å²) in [5, 5.41) is 0. The molecule has 1 aromatic rings. The molecule has 1 heterocycles. The molecule has 1 saturated heterocycles. The number of likely N-dealkylation sites (N-methyl/N-ethyl adjacent to an activating group) is 1. The lowest BCUT2D eigenvalue weighted by Crippen LogP contribution is -2.47. The van der Waals surface area contributed by atoms with E-state index < -0.39 is 0 Å². The molecule has 1 amide bonds. The normalized spacial score (nSPS) is 15.8. The molecular formula is C19H30N2O3. The molecule has 1 fully saturated rings. The van der Waals surface area contributed by atoms with Crippen molar-refractivity contribution < 1.29 is 14.3 Å². The molecule has 0 aromatic heterocycles. The molecule has 5 heteroatoms. The van der Waals surface area contributed by atoms with Crippen LogP contribution in [-0.4, -0.2) is 62.1 Å². The van der Waals surface area contributed by atoms with Gasteiger partial charge in [-0.2, -0.15) is 0 Å². The first-order valence-electron chi connectivity index (χ1n) is 8.82. The second-order valence-corrected chi connectivity index (χ2v) is 6.76. The van der Waals surface area contributed by atoms with Gasteiger partial charge in [-0.1, -0.05) is 13.8 Å². The Morgan fingerprint density at radius 1 is 1.21 bits per heavy atom. The lowest BCUT2D eigenvalue weighted by molar-refractivity contribution is 0.0663. The average Bonchev–Trinajstić information content (AvgIpc) is 2.56. The molecule has 0 N–H and O–H groups in total. The first-order chi connectivity index (χ1) is 11.5. The first kappa shape index (κ1) is 18.7. The molecule has 134 valence electrons. The third-order valence-electron chi connectivity index (χ3n) is 4.11. The van der Waals surface area contributed by atoms with Gasteiger partial charge in [-0.25, -0.2) is 0 Å². The van der Waals surface area contributed by atoms with Crippen molar-refractivity contribution in [3.05, 3.63) is 29.3 Å². The summed E-state index contributed by atoms with van der Waals surface area (Å²) in [5.41, 5.74) is 1.66. The largest absolute Gasteiger partial charge is 0.494 e. The number of carbonyl (C=O) groups is 1. The summed E-state index contributed by atoms with van der Waals surface area (Å²) in [6, 6.07) is 5.67. The highest BCUT2D eigenvalue weighted by Gasteiger charge is 2.21. The second-order valence-electron chi connectivity index (χ2n) is 6.76. The number of nitrogens with zero attached hydrogens (tertiary/aromatic N) is 2. The Kier molecular flexibility index (Phi) is 7.06. The fourth-order valence-corrected chi connectivity index (χ4v) is 2.72. The zero-order chi connectivity index (χ0) is 17.5. The Morgan fingerprint density at radius 3 is 2.54 bits per heavy atom. The van der Waals surface area contributed by atoms with E-state index in [9.17, 15) is 4.79 Å². The van der Waals surface area contributed by atoms with Crippen molar-refractivity contribution in [3.63, 3.8) is 0 Å². The minimum absolute atomic E-state index is 0.0938. The minimum atomic E-state index is 0.0938. The van der Waals surface area contributed by atoms with E-state index in [2.05, 4.69) is 25.8 Å². The second kappa shape index (κ2) is 9.04. The Morgan fingerprint density at radius 2 is 1.92 bits per heavy atom. The Bertz CT molecular complexity index is 537. The number of amides is 1. The van der Waals surface area contributed by atoms with Gasteiger partial charge in [-0.3, -0.25) is 4.79 Å². The molecule has 1 aliphatic rings. The van der Waals surface area contributed by atoms with Crippen molar-refractivity contribution in [2.75, 3.05) is 46.4 Å². The van der Waals surface area contributed by atoms with E-state index in [1.165, 1.54) is 0 Å². The van der Waals surface area contributed by atoms with Crippen LogP contribution in [0.3, 0.4) is 0 Å². The van der Waals surface area contributed by atoms with Crippen molar-refractivity contribution in [2.45, 2.75) is 27.4 Å². The smallest absolute Gasteiger partial charge is 0.253 e. The quantitative estimate of drug-likeness (QED) is 0.769. The third kappa shape index (κ3) is 5.21. The molecule has 0 spiro atoms. The summed E-state index contributed by atoms with van der Waals surface area (Å²) < 4.78 is 11.4. The molecular weight excluding hydrogens is 304 g/mol. The Balaban J connectivity index is 2.10. The van der Waals surface area contributed by atoms with Gasteiger partial charge in [0.05, 0.1) is 13.2 Å². The molecule has 24 heavy (non-hydrogen) atoms. The standard InChI is InChI=1S/C19H30N2O3/c1-5-24-18-7-6-16(12-17(18)14-23-13-15(2)3)19(22)21-10-8-20(4)9-11-21/h6-7,12,15H,5,8-11,13-14H2,1-4H3. The van der Waals surface area contributed by atoms with Crippen LogP contribution in [0.25, 0.3) is 0 Å². The predicted molar refractivity (Wildman–Crippen MR) is 95.5 cm³/mol. The Hall–Kier alpha value is -1.59. The number of rotatable bonds is 7. The molecule has 2 rings (SSSR count). The maximum atomic E-state index is 12.7. The maximum Gasteiger partial charge on any atom is 0.253 e. The number of ether oxygens (including phenoxy) is 2. The van der Waals surface area contributed by atoms with Gasteiger partial charge in [0.25, 0.3) is 5.91 Å². The zero-order valence-electron chi connectivity index (χ0n) is 15.4. The van der Waals surface area contributed by atoms with Crippen molar-refractivity contribution in [1.82, 2.24) is 9.80 Å². The number of carbonyl (C=O) groups excluding carboxylic acids is 1. The molecule has 0 bridgehead atoms. The van der Waals surface area contributed by atoms with Crippen LogP contribution in [0.1, 0.15) is 36.7 Å². The Labute approximate surface area is 145 Å². The van der Waals surface area contributed by atoms with Crippen molar-refractivity contribution in [1.29, 1.82) is 0 Å². The predicted octanol–water partition coefficient (Wildman–Crippen LogP) is 2.65. The summed E-state index contributed by atoms with van der Waals surface area (Å²) in [6.07, 6.45) is 0. The summed E-state index contributed by atoms with van der Waals surface area (Å²) in [6.45, 7) is 11.4. The van der Waals surface area contributed by atoms with E-state index >= 15 is 0 Å². The van der Waals surface area contributed by atoms with Crippen LogP contribution < -0.4 is 4.74 Å². The van der Waals surface area contributed by atoms with E-state index in [-0.39, 0.29) is 5.91 Å². The van der Waals surface area contributed by atoms with Crippen LogP contribution in [0, 0.1) is 5.92 Å². The van der Waals surface area contributed by atoms with Crippen LogP contribution >= 0.6 is 0 Å². The van der Waals surface area contributed by atoms with E-state index in [1.54, 1.807) is 0 Å². The monoisotopic (exact) mass is 334 g/mol. The SMILES string of the molecule is CCOc1ccc(C(=O)N2CCN(C)CC2)cc1COCC(C)C. The number of benzene rings is 1. The van der Waals surface area contributed by atoms with E-state index in [0.717, 1.165) is 37.5 Å². The maximum absolute atomic E-state index is 12.7. The van der Waals surface area contributed by atoms with Crippen LogP contribution in [0.2, 0.25) is 0 Å². The molecule has 0 aliphatic carbocycles. The highest BCUT2D eigenvalue weighted by molar-refractivity contribution is 5.94. The highest BCUT2D eigenvalue weighted by Crippen LogP contribution is 2.23. The molecule has 5 nitrogen and oxygen atoms in total. The molecule has 0 unspecified atom stereocenters. The summed E-state index contributed by atoms with van der Waals surface area (Å²) >= 11 is 0. The number of piperazine rings is 1. The van der Waals surface area contributed by atoms with Crippen LogP contribution in [0.4, 0.5) is 0 Å². The van der Waals surface area contributed by atoms with Gasteiger partial charge in [-0.05, 0) is 38.1 Å². The van der Waals surface area contributed by atoms with Gasteiger partial charge in [0, 0.05) is 43.9 Å². The van der Waals surface area contributed by atoms with Gasteiger partial charge in [0.1, 0.15) is 5.75 Å². The molecule has 1 aliphatic heterocycles. The van der Waals surface area contributed by atoms with Gasteiger partial charge in [0.15, 0.2) is 0 Å². The minimum Gasteiger partial charge on any atom is -0.494 e. The van der Waals surface area contributed by atoms with Crippen LogP contribution in [-0.2, 0) is 11.3 Å². The van der Waals surface area contributed by atoms with Gasteiger partial charge in [0.2, 0.25) is 0 Å². The van der Waals surface area contributed by atoms with E-state index in [4.69, 9.17) is 9.47 Å². The van der Waals surface area contributed by atoms with Gasteiger partial charge < -0.3 is 19.3 Å². The molecule has 0 atom stereocenters. The number of hydrogen-bond acceptors (Lipinski definition) is 4. The number of hydrogen-bond donors (Lipinski definition) is 0. The highest BCUT2D eigenvalue weighted by atomic mass is 16.5. The van der Waals surface area contributed by atoms with Gasteiger partial charge >= 0.3 is 0 Å². The van der Waals surface area contributed by atoms with Crippen LogP contribution in [0.5, 0.6) is 5.75 Å². The zero-order valence-corrected chi connectivity index (χ0v) is 15.4. The summed E-state index contributed by atoms with van der Waals surface area (Å²) in [4.78, 5) is 16.9. The van der Waals surface area contributed by atoms with E-state index in [0.29, 0.717) is 31.3 Å².